The number of carbonyl (C=O) groups is 1. The molecule has 2 saturated carbocycles. The summed E-state index contributed by atoms with van der Waals surface area (Å²) in [6.07, 6.45) is 4.47. The van der Waals surface area contributed by atoms with E-state index in [1.807, 2.05) is 0 Å². The van der Waals surface area contributed by atoms with E-state index in [2.05, 4.69) is 15.5 Å². The molecule has 166 valence electrons. The fourth-order valence-electron chi connectivity index (χ4n) is 3.40. The average molecular weight is 468 g/mol. The first-order valence-corrected chi connectivity index (χ1v) is 12.3. The zero-order valence-electron chi connectivity index (χ0n) is 16.8. The third-order valence-corrected chi connectivity index (χ3v) is 8.27. The van der Waals surface area contributed by atoms with Gasteiger partial charge in [-0.25, -0.2) is 13.4 Å². The Morgan fingerprint density at radius 3 is 2.48 bits per heavy atom. The Morgan fingerprint density at radius 2 is 1.90 bits per heavy atom. The highest BCUT2D eigenvalue weighted by Crippen LogP contribution is 2.33. The molecule has 1 amide bonds. The smallest absolute Gasteiger partial charge is 0.280 e. The molecular formula is C20H22FN3O5S2. The molecule has 0 radical (unpaired) electrons. The van der Waals surface area contributed by atoms with Gasteiger partial charge in [0.15, 0.2) is 25.8 Å². The van der Waals surface area contributed by atoms with E-state index in [1.54, 1.807) is 7.11 Å². The molecule has 2 atom stereocenters. The summed E-state index contributed by atoms with van der Waals surface area (Å²) in [5, 5.41) is 5.80. The van der Waals surface area contributed by atoms with Crippen LogP contribution in [0.1, 0.15) is 37.7 Å². The molecule has 11 heteroatoms. The maximum Gasteiger partial charge on any atom is 0.280 e. The third kappa shape index (κ3) is 5.10. The lowest BCUT2D eigenvalue weighted by molar-refractivity contribution is -0.110. The second-order valence-corrected chi connectivity index (χ2v) is 10.7. The normalized spacial score (nSPS) is 21.8. The Balaban J connectivity index is 1.56. The van der Waals surface area contributed by atoms with E-state index < -0.39 is 20.9 Å². The van der Waals surface area contributed by atoms with Crippen LogP contribution in [0.5, 0.6) is 0 Å². The number of benzene rings is 1. The van der Waals surface area contributed by atoms with Crippen molar-refractivity contribution in [2.75, 3.05) is 12.4 Å². The van der Waals surface area contributed by atoms with Gasteiger partial charge in [0.2, 0.25) is 0 Å². The molecule has 2 fully saturated rings. The summed E-state index contributed by atoms with van der Waals surface area (Å²) in [7, 11) is -1.71. The van der Waals surface area contributed by atoms with Crippen LogP contribution < -0.4 is 5.32 Å². The van der Waals surface area contributed by atoms with Crippen LogP contribution in [0.25, 0.3) is 0 Å². The minimum absolute atomic E-state index is 0.0492. The molecule has 0 saturated heterocycles. The Kier molecular flexibility index (Phi) is 6.35. The number of hydrogen-bond donors (Lipinski definition) is 1. The van der Waals surface area contributed by atoms with E-state index in [0.717, 1.165) is 19.0 Å². The van der Waals surface area contributed by atoms with Crippen LogP contribution in [0.2, 0.25) is 0 Å². The molecule has 2 aliphatic carbocycles. The summed E-state index contributed by atoms with van der Waals surface area (Å²) in [6, 6.07) is 5.97. The van der Waals surface area contributed by atoms with E-state index in [4.69, 9.17) is 9.57 Å². The van der Waals surface area contributed by atoms with E-state index in [-0.39, 0.29) is 33.2 Å². The lowest BCUT2D eigenvalue weighted by Crippen LogP contribution is -2.25. The van der Waals surface area contributed by atoms with Gasteiger partial charge < -0.3 is 9.57 Å². The number of rotatable bonds is 8. The summed E-state index contributed by atoms with van der Waals surface area (Å²) in [4.78, 5) is 22.4. The van der Waals surface area contributed by atoms with E-state index in [1.165, 1.54) is 24.3 Å². The minimum atomic E-state index is -3.34. The van der Waals surface area contributed by atoms with Gasteiger partial charge in [-0.3, -0.25) is 10.1 Å². The fraction of sp³-hybridized carbons (Fsp3) is 0.450. The molecule has 1 aromatic carbocycles. The molecule has 1 N–H and O–H groups in total. The molecule has 1 heterocycles. The van der Waals surface area contributed by atoms with Crippen molar-refractivity contribution in [1.29, 1.82) is 0 Å². The Labute approximate surface area is 183 Å². The maximum absolute atomic E-state index is 13.2. The maximum atomic E-state index is 13.2. The number of carbonyl (C=O) groups excluding carboxylic acids is 1. The average Bonchev–Trinajstić information content (AvgIpc) is 3.40. The van der Waals surface area contributed by atoms with E-state index in [0.29, 0.717) is 36.2 Å². The van der Waals surface area contributed by atoms with Crippen LogP contribution >= 0.6 is 11.3 Å². The molecule has 1 aromatic heterocycles. The van der Waals surface area contributed by atoms with E-state index >= 15 is 0 Å². The van der Waals surface area contributed by atoms with Crippen LogP contribution in [-0.4, -0.2) is 49.6 Å². The summed E-state index contributed by atoms with van der Waals surface area (Å²) < 4.78 is 43.4. The number of halogens is 1. The molecule has 0 aliphatic heterocycles. The lowest BCUT2D eigenvalue weighted by atomic mass is 10.1. The number of anilines is 1. The third-order valence-electron chi connectivity index (χ3n) is 5.30. The van der Waals surface area contributed by atoms with Crippen LogP contribution in [0, 0.1) is 5.13 Å². The Morgan fingerprint density at radius 1 is 1.19 bits per heavy atom. The van der Waals surface area contributed by atoms with Gasteiger partial charge in [-0.1, -0.05) is 28.6 Å². The standard InChI is InChI=1S/C20H22FN3O5S2/c1-28-13-4-5-14(10-13)29-24-18(19(25)23-20-22-11-17(21)30-20)12-2-6-15(7-3-12)31(26,27)16-8-9-16/h2-3,6-7,11,13-14,16H,4-5,8-10H2,1H3,(H,22,23,25)/t13-,14-/m1/s1. The Bertz CT molecular complexity index is 1080. The number of methoxy groups -OCH3 is 1. The van der Waals surface area contributed by atoms with Gasteiger partial charge >= 0.3 is 0 Å². The molecule has 0 bridgehead atoms. The largest absolute Gasteiger partial charge is 0.392 e. The van der Waals surface area contributed by atoms with Gasteiger partial charge in [0.05, 0.1) is 22.4 Å². The number of sulfone groups is 1. The summed E-state index contributed by atoms with van der Waals surface area (Å²) in [5.74, 6) is -0.631. The molecule has 0 spiro atoms. The highest BCUT2D eigenvalue weighted by Gasteiger charge is 2.37. The van der Waals surface area contributed by atoms with Gasteiger partial charge in [-0.15, -0.1) is 0 Å². The van der Waals surface area contributed by atoms with Crippen LogP contribution in [0.15, 0.2) is 40.5 Å². The topological polar surface area (TPSA) is 107 Å². The highest BCUT2D eigenvalue weighted by atomic mass is 32.2. The number of hydrogen-bond acceptors (Lipinski definition) is 8. The van der Waals surface area contributed by atoms with Gasteiger partial charge in [-0.2, -0.15) is 4.39 Å². The zero-order valence-corrected chi connectivity index (χ0v) is 18.4. The van der Waals surface area contributed by atoms with Crippen molar-refractivity contribution in [2.24, 2.45) is 5.16 Å². The van der Waals surface area contributed by atoms with Crippen molar-refractivity contribution < 1.29 is 27.2 Å². The van der Waals surface area contributed by atoms with Gasteiger partial charge in [0.1, 0.15) is 6.10 Å². The second kappa shape index (κ2) is 9.01. The molecule has 8 nitrogen and oxygen atoms in total. The van der Waals surface area contributed by atoms with Gasteiger partial charge in [0.25, 0.3) is 5.91 Å². The highest BCUT2D eigenvalue weighted by molar-refractivity contribution is 7.92. The van der Waals surface area contributed by atoms with Crippen molar-refractivity contribution in [3.63, 3.8) is 0 Å². The zero-order chi connectivity index (χ0) is 22.0. The van der Waals surface area contributed by atoms with Crippen molar-refractivity contribution in [2.45, 2.75) is 54.5 Å². The molecule has 0 unspecified atom stereocenters. The van der Waals surface area contributed by atoms with Crippen molar-refractivity contribution in [1.82, 2.24) is 4.98 Å². The summed E-state index contributed by atoms with van der Waals surface area (Å²) in [6.45, 7) is 0. The number of amides is 1. The van der Waals surface area contributed by atoms with Crippen LogP contribution in [0.3, 0.4) is 0 Å². The van der Waals surface area contributed by atoms with Crippen molar-refractivity contribution in [3.8, 4) is 0 Å². The van der Waals surface area contributed by atoms with Gasteiger partial charge in [0, 0.05) is 19.1 Å². The number of aromatic nitrogens is 1. The number of ether oxygens (including phenoxy) is 1. The van der Waals surface area contributed by atoms with Crippen molar-refractivity contribution >= 4 is 37.9 Å². The van der Waals surface area contributed by atoms with Crippen molar-refractivity contribution in [3.05, 3.63) is 41.2 Å². The predicted octanol–water partition coefficient (Wildman–Crippen LogP) is 3.15. The van der Waals surface area contributed by atoms with Crippen LogP contribution in [0.4, 0.5) is 9.52 Å². The number of nitrogens with zero attached hydrogens (tertiary/aromatic N) is 2. The monoisotopic (exact) mass is 467 g/mol. The van der Waals surface area contributed by atoms with Crippen LogP contribution in [-0.2, 0) is 24.2 Å². The first kappa shape index (κ1) is 21.8. The summed E-state index contributed by atoms with van der Waals surface area (Å²) in [5.41, 5.74) is 0.331. The first-order valence-electron chi connectivity index (χ1n) is 9.90. The molecule has 31 heavy (non-hydrogen) atoms. The Hall–Kier alpha value is -2.37. The number of oxime groups is 1. The minimum Gasteiger partial charge on any atom is -0.392 e. The van der Waals surface area contributed by atoms with E-state index in [9.17, 15) is 17.6 Å². The SMILES string of the molecule is CO[C@@H]1CC[C@@H](ON=C(C(=O)Nc2ncc(F)s2)c2ccc(S(=O)(=O)C3CC3)cc2)C1. The lowest BCUT2D eigenvalue weighted by Gasteiger charge is -2.11. The summed E-state index contributed by atoms with van der Waals surface area (Å²) >= 11 is 0.690. The van der Waals surface area contributed by atoms with Gasteiger partial charge in [-0.05, 0) is 37.8 Å². The predicted molar refractivity (Wildman–Crippen MR) is 113 cm³/mol. The molecule has 2 aromatic rings. The number of nitrogens with one attached hydrogen (secondary N) is 1. The first-order chi connectivity index (χ1) is 14.9. The number of thiazole rings is 1. The molecule has 2 aliphatic rings. The second-order valence-electron chi connectivity index (χ2n) is 7.53. The fourth-order valence-corrected chi connectivity index (χ4v) is 5.60. The quantitative estimate of drug-likeness (QED) is 0.472. The molecular weight excluding hydrogens is 445 g/mol. The molecule has 4 rings (SSSR count).